The number of phenols is 1. The molecule has 0 aliphatic carbocycles. The molecule has 2 atom stereocenters. The highest BCUT2D eigenvalue weighted by Crippen LogP contribution is 2.52. The molecule has 7 heteroatoms. The first kappa shape index (κ1) is 15.6. The minimum atomic E-state index is -1.47. The van der Waals surface area contributed by atoms with E-state index < -0.39 is 10.6 Å². The average molecular weight is 368 g/mol. The van der Waals surface area contributed by atoms with Crippen molar-refractivity contribution in [2.75, 3.05) is 11.2 Å². The number of benzene rings is 2. The Labute approximate surface area is 154 Å². The Morgan fingerprint density at radius 1 is 1.12 bits per heavy atom. The van der Waals surface area contributed by atoms with Crippen LogP contribution in [0, 0.1) is 0 Å². The lowest BCUT2D eigenvalue weighted by Crippen LogP contribution is -2.76. The topological polar surface area (TPSA) is 78.9 Å². The minimum absolute atomic E-state index is 0.00728. The number of hydrogen-bond acceptors (Lipinski definition) is 5. The summed E-state index contributed by atoms with van der Waals surface area (Å²) in [6.45, 7) is 0. The molecule has 1 saturated heterocycles. The molecule has 3 aliphatic rings. The van der Waals surface area contributed by atoms with Crippen molar-refractivity contribution in [1.29, 1.82) is 0 Å². The highest BCUT2D eigenvalue weighted by Gasteiger charge is 2.65. The monoisotopic (exact) mass is 368 g/mol. The smallest absolute Gasteiger partial charge is 0.294 e. The van der Waals surface area contributed by atoms with E-state index in [0.29, 0.717) is 17.9 Å². The number of thioether (sulfide) groups is 1. The molecule has 132 valence electrons. The van der Waals surface area contributed by atoms with E-state index in [4.69, 9.17) is 4.74 Å². The van der Waals surface area contributed by atoms with Crippen LogP contribution in [-0.2, 0) is 22.4 Å². The van der Waals surface area contributed by atoms with Gasteiger partial charge >= 0.3 is 0 Å². The lowest BCUT2D eigenvalue weighted by atomic mass is 9.98. The van der Waals surface area contributed by atoms with Crippen molar-refractivity contribution >= 4 is 29.3 Å². The number of ether oxygens (including phenoxy) is 1. The summed E-state index contributed by atoms with van der Waals surface area (Å²) in [4.78, 5) is 27.1. The van der Waals surface area contributed by atoms with Gasteiger partial charge in [0, 0.05) is 18.4 Å². The van der Waals surface area contributed by atoms with E-state index >= 15 is 0 Å². The number of nitrogens with one attached hydrogen (secondary N) is 1. The summed E-state index contributed by atoms with van der Waals surface area (Å²) in [7, 11) is 0. The number of nitrogens with zero attached hydrogens (tertiary/aromatic N) is 1. The molecule has 1 fully saturated rings. The van der Waals surface area contributed by atoms with Crippen molar-refractivity contribution in [1.82, 2.24) is 5.32 Å². The van der Waals surface area contributed by atoms with Gasteiger partial charge in [-0.25, -0.2) is 0 Å². The number of hydrogen-bond donors (Lipinski definition) is 2. The highest BCUT2D eigenvalue weighted by atomic mass is 32.2. The van der Waals surface area contributed by atoms with Crippen molar-refractivity contribution in [2.24, 2.45) is 0 Å². The van der Waals surface area contributed by atoms with Crippen LogP contribution in [-0.4, -0.2) is 33.8 Å². The van der Waals surface area contributed by atoms with Crippen LogP contribution >= 0.6 is 11.8 Å². The van der Waals surface area contributed by atoms with E-state index in [1.165, 1.54) is 22.7 Å². The number of rotatable bonds is 1. The lowest BCUT2D eigenvalue weighted by molar-refractivity contribution is -0.149. The van der Waals surface area contributed by atoms with Crippen LogP contribution in [0.5, 0.6) is 11.5 Å². The van der Waals surface area contributed by atoms with E-state index in [9.17, 15) is 14.7 Å². The second kappa shape index (κ2) is 4.94. The molecule has 0 bridgehead atoms. The quantitative estimate of drug-likeness (QED) is 0.803. The molecule has 6 nitrogen and oxygen atoms in total. The minimum Gasteiger partial charge on any atom is -0.506 e. The van der Waals surface area contributed by atoms with Crippen LogP contribution in [0.15, 0.2) is 42.5 Å². The van der Waals surface area contributed by atoms with Crippen LogP contribution in [0.4, 0.5) is 5.69 Å². The Morgan fingerprint density at radius 3 is 2.65 bits per heavy atom. The van der Waals surface area contributed by atoms with Crippen molar-refractivity contribution in [2.45, 2.75) is 23.4 Å². The third-order valence-corrected chi connectivity index (χ3v) is 6.55. The third kappa shape index (κ3) is 1.73. The Hall–Kier alpha value is -2.67. The highest BCUT2D eigenvalue weighted by molar-refractivity contribution is 8.00. The van der Waals surface area contributed by atoms with E-state index in [0.717, 1.165) is 11.1 Å². The number of carbonyl (C=O) groups excluding carboxylic acids is 2. The number of aromatic hydroxyl groups is 1. The second-order valence-corrected chi connectivity index (χ2v) is 7.84. The molecule has 26 heavy (non-hydrogen) atoms. The number of fused-ring (bicyclic) bond motifs is 4. The molecule has 3 heterocycles. The van der Waals surface area contributed by atoms with Gasteiger partial charge in [0.05, 0.1) is 5.69 Å². The first-order valence-corrected chi connectivity index (χ1v) is 9.53. The predicted octanol–water partition coefficient (Wildman–Crippen LogP) is 1.80. The summed E-state index contributed by atoms with van der Waals surface area (Å²) in [6.07, 6.45) is 2.40. The second-order valence-electron chi connectivity index (χ2n) is 6.76. The number of carbonyl (C=O) groups is 2. The van der Waals surface area contributed by atoms with Crippen LogP contribution < -0.4 is 15.0 Å². The standard InChI is InChI=1S/C19H16N2O4S/c1-26-19-10-12-6-4-7-13(22)15(12)21(19)17(24)18(20-16(19)23)9-11-5-2-3-8-14(11)25-18/h2-8,22H,9-10H2,1H3,(H,20,23)/t18-,19+/m0/s1. The van der Waals surface area contributed by atoms with Gasteiger partial charge in [-0.2, -0.15) is 0 Å². The maximum Gasteiger partial charge on any atom is 0.294 e. The first-order valence-electron chi connectivity index (χ1n) is 8.31. The lowest BCUT2D eigenvalue weighted by Gasteiger charge is -2.46. The summed E-state index contributed by atoms with van der Waals surface area (Å²) < 4.78 is 5.96. The van der Waals surface area contributed by atoms with Gasteiger partial charge in [-0.15, -0.1) is 11.8 Å². The summed E-state index contributed by atoms with van der Waals surface area (Å²) in [5.74, 6) is -0.0578. The zero-order valence-electron chi connectivity index (χ0n) is 14.0. The van der Waals surface area contributed by atoms with Crippen LogP contribution in [0.3, 0.4) is 0 Å². The third-order valence-electron chi connectivity index (χ3n) is 5.37. The fraction of sp³-hybridized carbons (Fsp3) is 0.263. The summed E-state index contributed by atoms with van der Waals surface area (Å²) in [6, 6.07) is 12.5. The molecule has 2 aromatic rings. The molecule has 0 unspecified atom stereocenters. The number of amides is 2. The zero-order chi connectivity index (χ0) is 18.1. The van der Waals surface area contributed by atoms with Crippen LogP contribution in [0.1, 0.15) is 11.1 Å². The number of piperazine rings is 1. The summed E-state index contributed by atoms with van der Waals surface area (Å²) in [5.41, 5.74) is 0.578. The van der Waals surface area contributed by atoms with Gasteiger partial charge in [0.15, 0.2) is 4.87 Å². The SMILES string of the molecule is CS[C@@]12Cc3cccc(O)c3N1C(=O)[C@@]1(Cc3ccccc3O1)NC2=O. The molecule has 0 aromatic heterocycles. The van der Waals surface area contributed by atoms with Gasteiger partial charge in [-0.05, 0) is 24.0 Å². The Morgan fingerprint density at radius 2 is 1.88 bits per heavy atom. The largest absolute Gasteiger partial charge is 0.506 e. The van der Waals surface area contributed by atoms with Gasteiger partial charge in [0.1, 0.15) is 11.5 Å². The van der Waals surface area contributed by atoms with E-state index in [-0.39, 0.29) is 24.0 Å². The van der Waals surface area contributed by atoms with Gasteiger partial charge in [-0.1, -0.05) is 30.3 Å². The van der Waals surface area contributed by atoms with Crippen molar-refractivity contribution in [3.63, 3.8) is 0 Å². The maximum absolute atomic E-state index is 13.6. The van der Waals surface area contributed by atoms with Crippen molar-refractivity contribution in [3.8, 4) is 11.5 Å². The molecule has 2 amide bonds. The first-order chi connectivity index (χ1) is 12.5. The Bertz CT molecular complexity index is 951. The summed E-state index contributed by atoms with van der Waals surface area (Å²) in [5, 5.41) is 13.3. The maximum atomic E-state index is 13.6. The van der Waals surface area contributed by atoms with E-state index in [1.807, 2.05) is 24.3 Å². The molecule has 2 aromatic carbocycles. The van der Waals surface area contributed by atoms with Gasteiger partial charge in [0.25, 0.3) is 17.5 Å². The zero-order valence-corrected chi connectivity index (χ0v) is 14.8. The Kier molecular flexibility index (Phi) is 2.96. The fourth-order valence-electron chi connectivity index (χ4n) is 4.15. The predicted molar refractivity (Wildman–Crippen MR) is 97.2 cm³/mol. The number of anilines is 1. The number of phenolic OH excluding ortho intramolecular Hbond substituents is 1. The molecule has 2 N–H and O–H groups in total. The van der Waals surface area contributed by atoms with Crippen LogP contribution in [0.2, 0.25) is 0 Å². The molecule has 1 spiro atoms. The summed E-state index contributed by atoms with van der Waals surface area (Å²) >= 11 is 1.29. The van der Waals surface area contributed by atoms with Gasteiger partial charge in [0.2, 0.25) is 0 Å². The molecule has 0 saturated carbocycles. The van der Waals surface area contributed by atoms with Crippen molar-refractivity contribution < 1.29 is 19.4 Å². The van der Waals surface area contributed by atoms with E-state index in [2.05, 4.69) is 5.32 Å². The Balaban J connectivity index is 1.67. The number of para-hydroxylation sites is 2. The van der Waals surface area contributed by atoms with Gasteiger partial charge in [-0.3, -0.25) is 14.5 Å². The fourth-order valence-corrected chi connectivity index (χ4v) is 5.04. The molecule has 5 rings (SSSR count). The molecular weight excluding hydrogens is 352 g/mol. The van der Waals surface area contributed by atoms with Crippen LogP contribution in [0.25, 0.3) is 0 Å². The van der Waals surface area contributed by atoms with Crippen molar-refractivity contribution in [3.05, 3.63) is 53.6 Å². The molecule has 3 aliphatic heterocycles. The average Bonchev–Trinajstić information content (AvgIpc) is 3.17. The normalized spacial score (nSPS) is 28.4. The van der Waals surface area contributed by atoms with E-state index in [1.54, 1.807) is 18.4 Å². The molecular formula is C19H16N2O4S. The van der Waals surface area contributed by atoms with Gasteiger partial charge < -0.3 is 15.2 Å². The molecule has 0 radical (unpaired) electrons.